The lowest BCUT2D eigenvalue weighted by atomic mass is 9.81. The van der Waals surface area contributed by atoms with Crippen molar-refractivity contribution >= 4 is 23.2 Å². The molecule has 0 saturated carbocycles. The summed E-state index contributed by atoms with van der Waals surface area (Å²) in [6.45, 7) is 2.11. The highest BCUT2D eigenvalue weighted by molar-refractivity contribution is 6.32. The maximum absolute atomic E-state index is 10.7. The molecule has 25 heavy (non-hydrogen) atoms. The standard InChI is InChI=1S/C22H24Cl2O/c1-13-18(16-8-4-2-6-14(16)10-20(13)23)12-19-17-9-5-3-7-15(17)11-21(24)22(19)25/h10-11,25H,2-9,12H2,1H3. The van der Waals surface area contributed by atoms with Crippen LogP contribution in [0, 0.1) is 6.92 Å². The van der Waals surface area contributed by atoms with Gasteiger partial charge in [-0.25, -0.2) is 0 Å². The van der Waals surface area contributed by atoms with Crippen LogP contribution in [0.15, 0.2) is 12.1 Å². The number of aryl methyl sites for hydroxylation is 2. The summed E-state index contributed by atoms with van der Waals surface area (Å²) in [6.07, 6.45) is 9.95. The largest absolute Gasteiger partial charge is 0.506 e. The molecule has 0 bridgehead atoms. The average molecular weight is 375 g/mol. The Morgan fingerprint density at radius 3 is 1.96 bits per heavy atom. The van der Waals surface area contributed by atoms with E-state index in [1.165, 1.54) is 53.5 Å². The molecule has 0 saturated heterocycles. The Bertz CT molecular complexity index is 769. The van der Waals surface area contributed by atoms with Crippen LogP contribution in [0.3, 0.4) is 0 Å². The van der Waals surface area contributed by atoms with Crippen LogP contribution in [-0.4, -0.2) is 5.11 Å². The fourth-order valence-electron chi connectivity index (χ4n) is 4.61. The van der Waals surface area contributed by atoms with Crippen LogP contribution in [0.2, 0.25) is 10.0 Å². The number of phenols is 1. The number of rotatable bonds is 2. The molecular weight excluding hydrogens is 351 g/mol. The van der Waals surface area contributed by atoms with Crippen LogP contribution < -0.4 is 0 Å². The lowest BCUT2D eigenvalue weighted by Crippen LogP contribution is -2.12. The van der Waals surface area contributed by atoms with E-state index in [0.717, 1.165) is 48.3 Å². The first kappa shape index (κ1) is 17.2. The predicted molar refractivity (Wildman–Crippen MR) is 105 cm³/mol. The molecule has 2 aliphatic rings. The zero-order valence-electron chi connectivity index (χ0n) is 14.7. The number of aromatic hydroxyl groups is 1. The molecule has 0 fully saturated rings. The molecule has 0 spiro atoms. The van der Waals surface area contributed by atoms with Gasteiger partial charge in [0.2, 0.25) is 0 Å². The molecule has 0 aliphatic heterocycles. The minimum atomic E-state index is 0.270. The number of hydrogen-bond acceptors (Lipinski definition) is 1. The summed E-state index contributed by atoms with van der Waals surface area (Å²) in [6, 6.07) is 4.12. The predicted octanol–water partition coefficient (Wildman–Crippen LogP) is 6.36. The van der Waals surface area contributed by atoms with Gasteiger partial charge in [-0.05, 0) is 104 Å². The van der Waals surface area contributed by atoms with Crippen molar-refractivity contribution in [2.24, 2.45) is 0 Å². The first-order chi connectivity index (χ1) is 12.1. The van der Waals surface area contributed by atoms with Gasteiger partial charge in [0.1, 0.15) is 5.75 Å². The molecular formula is C22H24Cl2O. The van der Waals surface area contributed by atoms with E-state index in [-0.39, 0.29) is 5.75 Å². The topological polar surface area (TPSA) is 20.2 Å². The Labute approximate surface area is 160 Å². The first-order valence-corrected chi connectivity index (χ1v) is 10.1. The van der Waals surface area contributed by atoms with Crippen molar-refractivity contribution < 1.29 is 5.11 Å². The van der Waals surface area contributed by atoms with Gasteiger partial charge in [-0.1, -0.05) is 23.2 Å². The molecule has 132 valence electrons. The van der Waals surface area contributed by atoms with Crippen LogP contribution in [0.4, 0.5) is 0 Å². The molecule has 0 aromatic heterocycles. The van der Waals surface area contributed by atoms with Crippen molar-refractivity contribution in [1.82, 2.24) is 0 Å². The van der Waals surface area contributed by atoms with Crippen molar-refractivity contribution in [3.05, 3.63) is 61.1 Å². The zero-order chi connectivity index (χ0) is 17.6. The van der Waals surface area contributed by atoms with Crippen molar-refractivity contribution in [3.8, 4) is 5.75 Å². The number of hydrogen-bond donors (Lipinski definition) is 1. The quantitative estimate of drug-likeness (QED) is 0.648. The van der Waals surface area contributed by atoms with Gasteiger partial charge < -0.3 is 5.11 Å². The summed E-state index contributed by atoms with van der Waals surface area (Å²) in [7, 11) is 0. The van der Waals surface area contributed by atoms with E-state index < -0.39 is 0 Å². The van der Waals surface area contributed by atoms with E-state index in [2.05, 4.69) is 13.0 Å². The summed E-state index contributed by atoms with van der Waals surface area (Å²) in [4.78, 5) is 0. The second kappa shape index (κ2) is 6.85. The Kier molecular flexibility index (Phi) is 4.73. The Hall–Kier alpha value is -1.18. The number of fused-ring (bicyclic) bond motifs is 2. The monoisotopic (exact) mass is 374 g/mol. The molecule has 2 aromatic carbocycles. The molecule has 2 aliphatic carbocycles. The van der Waals surface area contributed by atoms with Crippen LogP contribution in [-0.2, 0) is 32.1 Å². The van der Waals surface area contributed by atoms with Gasteiger partial charge in [0.05, 0.1) is 5.02 Å². The highest BCUT2D eigenvalue weighted by Gasteiger charge is 2.23. The van der Waals surface area contributed by atoms with Crippen LogP contribution in [0.1, 0.15) is 64.6 Å². The lowest BCUT2D eigenvalue weighted by molar-refractivity contribution is 0.466. The van der Waals surface area contributed by atoms with Gasteiger partial charge in [-0.2, -0.15) is 0 Å². The van der Waals surface area contributed by atoms with Gasteiger partial charge in [-0.15, -0.1) is 0 Å². The van der Waals surface area contributed by atoms with Gasteiger partial charge in [0.15, 0.2) is 0 Å². The van der Waals surface area contributed by atoms with E-state index in [9.17, 15) is 5.11 Å². The summed E-state index contributed by atoms with van der Waals surface area (Å²) in [5.74, 6) is 0.270. The lowest BCUT2D eigenvalue weighted by Gasteiger charge is -2.25. The molecule has 0 amide bonds. The highest BCUT2D eigenvalue weighted by atomic mass is 35.5. The second-order valence-electron chi connectivity index (χ2n) is 7.51. The SMILES string of the molecule is Cc1c(Cl)cc2c(c1Cc1c(O)c(Cl)cc3c1CCCC3)CCCC2. The van der Waals surface area contributed by atoms with E-state index in [1.54, 1.807) is 0 Å². The van der Waals surface area contributed by atoms with Crippen molar-refractivity contribution in [3.63, 3.8) is 0 Å². The summed E-state index contributed by atoms with van der Waals surface area (Å²) < 4.78 is 0. The van der Waals surface area contributed by atoms with Crippen LogP contribution in [0.25, 0.3) is 0 Å². The Balaban J connectivity index is 1.87. The van der Waals surface area contributed by atoms with Gasteiger partial charge in [-0.3, -0.25) is 0 Å². The molecule has 4 rings (SSSR count). The third-order valence-corrected chi connectivity index (χ3v) is 6.71. The Morgan fingerprint density at radius 2 is 1.32 bits per heavy atom. The molecule has 0 radical (unpaired) electrons. The molecule has 1 nitrogen and oxygen atoms in total. The highest BCUT2D eigenvalue weighted by Crippen LogP contribution is 2.40. The molecule has 1 N–H and O–H groups in total. The van der Waals surface area contributed by atoms with Crippen LogP contribution in [0.5, 0.6) is 5.75 Å². The average Bonchev–Trinajstić information content (AvgIpc) is 2.62. The Morgan fingerprint density at radius 1 is 0.800 bits per heavy atom. The summed E-state index contributed by atoms with van der Waals surface area (Å²) in [5.41, 5.74) is 8.98. The minimum absolute atomic E-state index is 0.270. The van der Waals surface area contributed by atoms with Gasteiger partial charge in [0, 0.05) is 17.0 Å². The normalized spacial score (nSPS) is 16.4. The van der Waals surface area contributed by atoms with E-state index in [4.69, 9.17) is 23.2 Å². The first-order valence-electron chi connectivity index (χ1n) is 9.38. The van der Waals surface area contributed by atoms with E-state index in [0.29, 0.717) is 5.02 Å². The maximum Gasteiger partial charge on any atom is 0.137 e. The van der Waals surface area contributed by atoms with E-state index in [1.807, 2.05) is 6.07 Å². The smallest absolute Gasteiger partial charge is 0.137 e. The van der Waals surface area contributed by atoms with Crippen molar-refractivity contribution in [1.29, 1.82) is 0 Å². The maximum atomic E-state index is 10.7. The summed E-state index contributed by atoms with van der Waals surface area (Å²) in [5, 5.41) is 12.1. The molecule has 3 heteroatoms. The number of halogens is 2. The van der Waals surface area contributed by atoms with E-state index >= 15 is 0 Å². The third-order valence-electron chi connectivity index (χ3n) is 6.03. The van der Waals surface area contributed by atoms with Gasteiger partial charge >= 0.3 is 0 Å². The summed E-state index contributed by atoms with van der Waals surface area (Å²) >= 11 is 12.9. The van der Waals surface area contributed by atoms with Crippen molar-refractivity contribution in [2.45, 2.75) is 64.7 Å². The number of phenolic OH excluding ortho intramolecular Hbond substituents is 1. The van der Waals surface area contributed by atoms with Crippen LogP contribution >= 0.6 is 23.2 Å². The molecule has 0 atom stereocenters. The molecule has 2 aromatic rings. The second-order valence-corrected chi connectivity index (χ2v) is 8.33. The number of benzene rings is 2. The third kappa shape index (κ3) is 3.06. The fraction of sp³-hybridized carbons (Fsp3) is 0.455. The zero-order valence-corrected chi connectivity index (χ0v) is 16.2. The molecule has 0 unspecified atom stereocenters. The van der Waals surface area contributed by atoms with Gasteiger partial charge in [0.25, 0.3) is 0 Å². The fourth-order valence-corrected chi connectivity index (χ4v) is 5.10. The molecule has 0 heterocycles. The minimum Gasteiger partial charge on any atom is -0.506 e. The van der Waals surface area contributed by atoms with Crippen molar-refractivity contribution in [2.75, 3.05) is 0 Å².